The standard InChI is InChI=1S/C22H42O4/c1-3-4-5-12-16-21(23)17-13-10-8-6-7-9-11-14-18-22(24)26-20-15-19-25-2/h10,13,21,23H,3-9,11-12,14-20H2,1-2H3/b13-10-/t21-/m1/s1. The Morgan fingerprint density at radius 1 is 0.923 bits per heavy atom. The van der Waals surface area contributed by atoms with Gasteiger partial charge in [0.25, 0.3) is 0 Å². The highest BCUT2D eigenvalue weighted by atomic mass is 16.5. The molecule has 26 heavy (non-hydrogen) atoms. The Labute approximate surface area is 161 Å². The molecule has 0 saturated heterocycles. The Hall–Kier alpha value is -0.870. The number of allylic oxidation sites excluding steroid dienone is 1. The van der Waals surface area contributed by atoms with E-state index in [2.05, 4.69) is 19.1 Å². The van der Waals surface area contributed by atoms with Crippen molar-refractivity contribution in [3.05, 3.63) is 12.2 Å². The van der Waals surface area contributed by atoms with Gasteiger partial charge in [-0.25, -0.2) is 0 Å². The van der Waals surface area contributed by atoms with Gasteiger partial charge in [-0.1, -0.05) is 64.0 Å². The van der Waals surface area contributed by atoms with E-state index in [9.17, 15) is 9.90 Å². The van der Waals surface area contributed by atoms with Crippen LogP contribution < -0.4 is 0 Å². The van der Waals surface area contributed by atoms with Crippen molar-refractivity contribution in [1.29, 1.82) is 0 Å². The zero-order valence-electron chi connectivity index (χ0n) is 17.2. The Morgan fingerprint density at radius 2 is 1.65 bits per heavy atom. The third-order valence-electron chi connectivity index (χ3n) is 4.47. The van der Waals surface area contributed by atoms with E-state index in [-0.39, 0.29) is 12.1 Å². The van der Waals surface area contributed by atoms with Gasteiger partial charge in [0.2, 0.25) is 0 Å². The Morgan fingerprint density at radius 3 is 2.42 bits per heavy atom. The monoisotopic (exact) mass is 370 g/mol. The highest BCUT2D eigenvalue weighted by molar-refractivity contribution is 5.69. The molecule has 0 aromatic rings. The summed E-state index contributed by atoms with van der Waals surface area (Å²) in [6.07, 6.45) is 18.7. The first-order valence-corrected chi connectivity index (χ1v) is 10.7. The van der Waals surface area contributed by atoms with Crippen LogP contribution in [0.2, 0.25) is 0 Å². The number of carbonyl (C=O) groups excluding carboxylic acids is 1. The van der Waals surface area contributed by atoms with Gasteiger partial charge in [-0.3, -0.25) is 4.79 Å². The third kappa shape index (κ3) is 19.5. The predicted molar refractivity (Wildman–Crippen MR) is 108 cm³/mol. The maximum absolute atomic E-state index is 11.5. The number of hydrogen-bond acceptors (Lipinski definition) is 4. The number of aliphatic hydroxyl groups excluding tert-OH is 1. The minimum Gasteiger partial charge on any atom is -0.466 e. The number of hydrogen-bond donors (Lipinski definition) is 1. The molecule has 0 rings (SSSR count). The molecule has 0 heterocycles. The fraction of sp³-hybridized carbons (Fsp3) is 0.864. The van der Waals surface area contributed by atoms with Crippen LogP contribution in [0.5, 0.6) is 0 Å². The van der Waals surface area contributed by atoms with Crippen LogP contribution in [0.4, 0.5) is 0 Å². The Bertz CT molecular complexity index is 328. The minimum atomic E-state index is -0.169. The van der Waals surface area contributed by atoms with Crippen molar-refractivity contribution >= 4 is 5.97 Å². The van der Waals surface area contributed by atoms with Crippen LogP contribution in [0, 0.1) is 0 Å². The summed E-state index contributed by atoms with van der Waals surface area (Å²) in [5, 5.41) is 9.88. The second-order valence-electron chi connectivity index (χ2n) is 7.08. The zero-order valence-corrected chi connectivity index (χ0v) is 17.2. The van der Waals surface area contributed by atoms with Gasteiger partial charge in [-0.2, -0.15) is 0 Å². The van der Waals surface area contributed by atoms with E-state index in [1.54, 1.807) is 7.11 Å². The number of aliphatic hydroxyl groups is 1. The number of carbonyl (C=O) groups is 1. The van der Waals surface area contributed by atoms with Crippen LogP contribution >= 0.6 is 0 Å². The number of ether oxygens (including phenoxy) is 2. The largest absolute Gasteiger partial charge is 0.466 e. The molecule has 0 unspecified atom stereocenters. The fourth-order valence-corrected chi connectivity index (χ4v) is 2.82. The highest BCUT2D eigenvalue weighted by Crippen LogP contribution is 2.10. The van der Waals surface area contributed by atoms with E-state index in [0.29, 0.717) is 19.6 Å². The molecular formula is C22H42O4. The summed E-state index contributed by atoms with van der Waals surface area (Å²) in [4.78, 5) is 11.5. The summed E-state index contributed by atoms with van der Waals surface area (Å²) < 4.78 is 10.0. The molecule has 154 valence electrons. The molecular weight excluding hydrogens is 328 g/mol. The maximum Gasteiger partial charge on any atom is 0.305 e. The normalized spacial score (nSPS) is 12.6. The smallest absolute Gasteiger partial charge is 0.305 e. The molecule has 0 aromatic heterocycles. The summed E-state index contributed by atoms with van der Waals surface area (Å²) in [5.41, 5.74) is 0. The van der Waals surface area contributed by atoms with Crippen molar-refractivity contribution in [2.45, 2.75) is 103 Å². The zero-order chi connectivity index (χ0) is 19.3. The molecule has 4 nitrogen and oxygen atoms in total. The van der Waals surface area contributed by atoms with Gasteiger partial charge in [-0.15, -0.1) is 0 Å². The van der Waals surface area contributed by atoms with Crippen LogP contribution in [0.3, 0.4) is 0 Å². The molecule has 0 bridgehead atoms. The predicted octanol–water partition coefficient (Wildman–Crippen LogP) is 5.57. The second-order valence-corrected chi connectivity index (χ2v) is 7.08. The summed E-state index contributed by atoms with van der Waals surface area (Å²) in [7, 11) is 1.65. The SMILES string of the molecule is CCCCCC[C@@H](O)C/C=C\CCCCCCCC(=O)OCCCOC. The average molecular weight is 371 g/mol. The lowest BCUT2D eigenvalue weighted by Gasteiger charge is -2.07. The molecule has 0 aliphatic carbocycles. The lowest BCUT2D eigenvalue weighted by molar-refractivity contribution is -0.144. The Balaban J connectivity index is 3.30. The molecule has 0 saturated carbocycles. The minimum absolute atomic E-state index is 0.0858. The van der Waals surface area contributed by atoms with Gasteiger partial charge in [-0.05, 0) is 32.1 Å². The van der Waals surface area contributed by atoms with Crippen molar-refractivity contribution in [2.75, 3.05) is 20.3 Å². The van der Waals surface area contributed by atoms with Crippen molar-refractivity contribution in [3.8, 4) is 0 Å². The van der Waals surface area contributed by atoms with Gasteiger partial charge in [0.05, 0.1) is 12.7 Å². The van der Waals surface area contributed by atoms with Crippen molar-refractivity contribution in [2.24, 2.45) is 0 Å². The Kier molecular flexibility index (Phi) is 19.8. The quantitative estimate of drug-likeness (QED) is 0.183. The van der Waals surface area contributed by atoms with Gasteiger partial charge in [0, 0.05) is 26.6 Å². The van der Waals surface area contributed by atoms with Crippen molar-refractivity contribution in [3.63, 3.8) is 0 Å². The molecule has 0 amide bonds. The lowest BCUT2D eigenvalue weighted by atomic mass is 10.1. The van der Waals surface area contributed by atoms with Gasteiger partial charge in [0.15, 0.2) is 0 Å². The van der Waals surface area contributed by atoms with E-state index in [0.717, 1.165) is 44.9 Å². The number of esters is 1. The van der Waals surface area contributed by atoms with E-state index in [1.165, 1.54) is 38.5 Å². The van der Waals surface area contributed by atoms with E-state index in [4.69, 9.17) is 9.47 Å². The van der Waals surface area contributed by atoms with E-state index >= 15 is 0 Å². The molecule has 0 spiro atoms. The summed E-state index contributed by atoms with van der Waals surface area (Å²) >= 11 is 0. The van der Waals surface area contributed by atoms with Crippen LogP contribution in [-0.2, 0) is 14.3 Å². The van der Waals surface area contributed by atoms with Gasteiger partial charge < -0.3 is 14.6 Å². The first kappa shape index (κ1) is 25.1. The first-order chi connectivity index (χ1) is 12.7. The van der Waals surface area contributed by atoms with E-state index in [1.807, 2.05) is 0 Å². The lowest BCUT2D eigenvalue weighted by Crippen LogP contribution is -2.07. The van der Waals surface area contributed by atoms with E-state index < -0.39 is 0 Å². The molecule has 1 atom stereocenters. The fourth-order valence-electron chi connectivity index (χ4n) is 2.82. The van der Waals surface area contributed by atoms with Crippen LogP contribution in [0.15, 0.2) is 12.2 Å². The average Bonchev–Trinajstić information content (AvgIpc) is 2.64. The van der Waals surface area contributed by atoms with Crippen LogP contribution in [0.25, 0.3) is 0 Å². The number of rotatable bonds is 19. The number of unbranched alkanes of at least 4 members (excludes halogenated alkanes) is 8. The summed E-state index contributed by atoms with van der Waals surface area (Å²) in [6, 6.07) is 0. The van der Waals surface area contributed by atoms with Gasteiger partial charge in [0.1, 0.15) is 0 Å². The molecule has 0 aromatic carbocycles. The summed E-state index contributed by atoms with van der Waals surface area (Å²) in [5.74, 6) is -0.0858. The molecule has 0 radical (unpaired) electrons. The number of methoxy groups -OCH3 is 1. The topological polar surface area (TPSA) is 55.8 Å². The van der Waals surface area contributed by atoms with Crippen LogP contribution in [0.1, 0.15) is 96.8 Å². The highest BCUT2D eigenvalue weighted by Gasteiger charge is 2.02. The maximum atomic E-state index is 11.5. The molecule has 0 fully saturated rings. The summed E-state index contributed by atoms with van der Waals surface area (Å²) in [6.45, 7) is 3.31. The van der Waals surface area contributed by atoms with Crippen molar-refractivity contribution < 1.29 is 19.4 Å². The molecule has 0 aliphatic rings. The third-order valence-corrected chi connectivity index (χ3v) is 4.47. The molecule has 0 aliphatic heterocycles. The van der Waals surface area contributed by atoms with Crippen LogP contribution in [-0.4, -0.2) is 37.5 Å². The van der Waals surface area contributed by atoms with Gasteiger partial charge >= 0.3 is 5.97 Å². The first-order valence-electron chi connectivity index (χ1n) is 10.7. The van der Waals surface area contributed by atoms with Crippen molar-refractivity contribution in [1.82, 2.24) is 0 Å². The molecule has 1 N–H and O–H groups in total. The molecule has 4 heteroatoms. The second kappa shape index (κ2) is 20.4.